The molecule has 0 aliphatic rings. The topological polar surface area (TPSA) is 134 Å². The predicted molar refractivity (Wildman–Crippen MR) is 98.1 cm³/mol. The van der Waals surface area contributed by atoms with Gasteiger partial charge in [0.25, 0.3) is 6.33 Å². The molecule has 0 aromatic carbocycles. The van der Waals surface area contributed by atoms with Crippen LogP contribution in [0.4, 0.5) is 0 Å². The smallest absolute Gasteiger partial charge is 0.260 e. The maximum Gasteiger partial charge on any atom is 0.288 e. The Kier molecular flexibility index (Phi) is 7.09. The molecule has 2 unspecified atom stereocenters. The third kappa shape index (κ3) is 6.01. The van der Waals surface area contributed by atoms with Crippen LogP contribution in [0.3, 0.4) is 0 Å². The monoisotopic (exact) mass is 403 g/mol. The van der Waals surface area contributed by atoms with E-state index in [0.717, 1.165) is 0 Å². The van der Waals surface area contributed by atoms with Gasteiger partial charge in [-0.25, -0.2) is 0 Å². The van der Waals surface area contributed by atoms with Crippen LogP contribution in [-0.2, 0) is 32.6 Å². The van der Waals surface area contributed by atoms with Gasteiger partial charge in [0.15, 0.2) is 11.0 Å². The molecule has 2 aromatic rings. The first kappa shape index (κ1) is 20.7. The number of hydrogen-bond acceptors (Lipinski definition) is 7. The maximum absolute atomic E-state index is 12.2. The molecule has 0 fully saturated rings. The van der Waals surface area contributed by atoms with E-state index in [2.05, 4.69) is 36.1 Å². The zero-order valence-electron chi connectivity index (χ0n) is 15.6. The zero-order valence-corrected chi connectivity index (χ0v) is 17.3. The van der Waals surface area contributed by atoms with Gasteiger partial charge >= 0.3 is 0 Å². The van der Waals surface area contributed by atoms with Crippen molar-refractivity contribution in [3.05, 3.63) is 12.2 Å². The Morgan fingerprint density at radius 1 is 1.00 bits per heavy atom. The summed E-state index contributed by atoms with van der Waals surface area (Å²) in [5.41, 5.74) is -0.534. The molecule has 0 saturated carbocycles. The average molecular weight is 404 g/mol. The van der Waals surface area contributed by atoms with Crippen molar-refractivity contribution in [1.29, 1.82) is 0 Å². The SMILES string of the molecule is CC(C)(CCS(=O)CCS(=O)CCC(C)(C)[n+]1cnn[nH]1)c1nn[nH]n1. The Labute approximate surface area is 157 Å². The standard InChI is InChI=1S/C14H26N8O2S2/c1-13(2,12-16-19-20-17-12)5-7-25(23)9-10-26(24)8-6-14(3,4)22-11-15-18-21-22/h11H,5-10H2,1-4H3,(H,16,17,19,20)/p+1. The summed E-state index contributed by atoms with van der Waals surface area (Å²) in [5, 5.41) is 24.2. The number of hydrogen-bond donors (Lipinski definition) is 2. The van der Waals surface area contributed by atoms with Crippen molar-refractivity contribution in [3.8, 4) is 0 Å². The number of tetrazole rings is 2. The Hall–Kier alpha value is -1.56. The van der Waals surface area contributed by atoms with E-state index in [1.165, 1.54) is 0 Å². The minimum Gasteiger partial charge on any atom is -0.260 e. The van der Waals surface area contributed by atoms with Gasteiger partial charge in [-0.1, -0.05) is 24.3 Å². The molecule has 146 valence electrons. The van der Waals surface area contributed by atoms with Crippen LogP contribution in [0, 0.1) is 0 Å². The van der Waals surface area contributed by atoms with E-state index in [0.29, 0.717) is 41.7 Å². The Morgan fingerprint density at radius 2 is 1.65 bits per heavy atom. The molecule has 12 heteroatoms. The van der Waals surface area contributed by atoms with E-state index >= 15 is 0 Å². The van der Waals surface area contributed by atoms with Crippen molar-refractivity contribution in [1.82, 2.24) is 36.1 Å². The fraction of sp³-hybridized carbons (Fsp3) is 0.857. The minimum atomic E-state index is -1.01. The molecule has 2 atom stereocenters. The molecule has 2 heterocycles. The highest BCUT2D eigenvalue weighted by atomic mass is 32.2. The van der Waals surface area contributed by atoms with E-state index < -0.39 is 21.6 Å². The fourth-order valence-electron chi connectivity index (χ4n) is 2.27. The molecule has 0 spiro atoms. The first-order valence-corrected chi connectivity index (χ1v) is 11.4. The van der Waals surface area contributed by atoms with Gasteiger partial charge in [-0.2, -0.15) is 9.90 Å². The third-order valence-electron chi connectivity index (χ3n) is 4.42. The molecule has 0 bridgehead atoms. The lowest BCUT2D eigenvalue weighted by Gasteiger charge is -2.20. The van der Waals surface area contributed by atoms with Gasteiger partial charge in [0.1, 0.15) is 10.6 Å². The lowest BCUT2D eigenvalue weighted by atomic mass is 9.89. The van der Waals surface area contributed by atoms with Gasteiger partial charge in [0.2, 0.25) is 0 Å². The molecule has 0 radical (unpaired) electrons. The summed E-state index contributed by atoms with van der Waals surface area (Å²) >= 11 is 0. The van der Waals surface area contributed by atoms with Crippen molar-refractivity contribution >= 4 is 21.6 Å². The Bertz CT molecular complexity index is 653. The maximum atomic E-state index is 12.2. The van der Waals surface area contributed by atoms with E-state index in [-0.39, 0.29) is 11.0 Å². The molecule has 26 heavy (non-hydrogen) atoms. The summed E-state index contributed by atoms with van der Waals surface area (Å²) in [7, 11) is -2.02. The van der Waals surface area contributed by atoms with E-state index in [9.17, 15) is 8.42 Å². The highest BCUT2D eigenvalue weighted by Gasteiger charge is 2.27. The van der Waals surface area contributed by atoms with Gasteiger partial charge in [0, 0.05) is 50.0 Å². The summed E-state index contributed by atoms with van der Waals surface area (Å²) < 4.78 is 26.3. The molecule has 2 rings (SSSR count). The second-order valence-electron chi connectivity index (χ2n) is 7.43. The van der Waals surface area contributed by atoms with Crippen molar-refractivity contribution in [2.75, 3.05) is 23.0 Å². The largest absolute Gasteiger partial charge is 0.288 e. The molecular formula is C14H27N8O2S2+. The van der Waals surface area contributed by atoms with Gasteiger partial charge in [-0.3, -0.25) is 8.42 Å². The average Bonchev–Trinajstić information content (AvgIpc) is 3.30. The number of aromatic nitrogens is 8. The van der Waals surface area contributed by atoms with E-state index in [4.69, 9.17) is 0 Å². The van der Waals surface area contributed by atoms with Crippen LogP contribution >= 0.6 is 0 Å². The van der Waals surface area contributed by atoms with Crippen molar-refractivity contribution < 1.29 is 13.1 Å². The van der Waals surface area contributed by atoms with Crippen LogP contribution in [0.15, 0.2) is 6.33 Å². The van der Waals surface area contributed by atoms with Gasteiger partial charge in [-0.15, -0.1) is 10.2 Å². The van der Waals surface area contributed by atoms with Gasteiger partial charge in [0.05, 0.1) is 0 Å². The zero-order chi connectivity index (χ0) is 19.2. The van der Waals surface area contributed by atoms with Crippen LogP contribution in [-0.4, -0.2) is 67.6 Å². The summed E-state index contributed by atoms with van der Waals surface area (Å²) in [4.78, 5) is 0. The highest BCUT2D eigenvalue weighted by Crippen LogP contribution is 2.23. The molecule has 2 aromatic heterocycles. The Balaban J connectivity index is 1.69. The van der Waals surface area contributed by atoms with Crippen LogP contribution in [0.5, 0.6) is 0 Å². The molecule has 2 N–H and O–H groups in total. The summed E-state index contributed by atoms with van der Waals surface area (Å²) in [6.45, 7) is 8.05. The lowest BCUT2D eigenvalue weighted by Crippen LogP contribution is -2.54. The quantitative estimate of drug-likeness (QED) is 0.487. The number of nitrogens with zero attached hydrogens (tertiary/aromatic N) is 6. The second-order valence-corrected chi connectivity index (χ2v) is 10.8. The second kappa shape index (κ2) is 8.89. The van der Waals surface area contributed by atoms with Crippen molar-refractivity contribution in [2.24, 2.45) is 0 Å². The van der Waals surface area contributed by atoms with Crippen molar-refractivity contribution in [3.63, 3.8) is 0 Å². The lowest BCUT2D eigenvalue weighted by molar-refractivity contribution is -0.810. The normalized spacial score (nSPS) is 15.1. The summed E-state index contributed by atoms with van der Waals surface area (Å²) in [5.74, 6) is 2.57. The van der Waals surface area contributed by atoms with Crippen LogP contribution < -0.4 is 4.68 Å². The third-order valence-corrected chi connectivity index (χ3v) is 7.31. The highest BCUT2D eigenvalue weighted by molar-refractivity contribution is 7.88. The molecule has 0 saturated heterocycles. The minimum absolute atomic E-state index is 0.243. The molecular weight excluding hydrogens is 376 g/mol. The number of H-pyrrole nitrogens is 2. The number of rotatable bonds is 11. The number of nitrogens with one attached hydrogen (secondary N) is 2. The predicted octanol–water partition coefficient (Wildman–Crippen LogP) is -0.404. The molecule has 0 amide bonds. The summed E-state index contributed by atoms with van der Waals surface area (Å²) in [6.07, 6.45) is 3.01. The summed E-state index contributed by atoms with van der Waals surface area (Å²) in [6, 6.07) is 0. The first-order valence-electron chi connectivity index (χ1n) is 8.43. The van der Waals surface area contributed by atoms with E-state index in [1.54, 1.807) is 11.0 Å². The molecule has 0 aliphatic carbocycles. The van der Waals surface area contributed by atoms with Gasteiger partial charge < -0.3 is 0 Å². The number of aromatic amines is 2. The van der Waals surface area contributed by atoms with Crippen LogP contribution in [0.1, 0.15) is 46.4 Å². The van der Waals surface area contributed by atoms with Gasteiger partial charge in [-0.05, 0) is 26.7 Å². The molecule has 10 nitrogen and oxygen atoms in total. The first-order chi connectivity index (χ1) is 12.2. The van der Waals surface area contributed by atoms with Crippen LogP contribution in [0.25, 0.3) is 0 Å². The fourth-order valence-corrected chi connectivity index (χ4v) is 5.63. The van der Waals surface area contributed by atoms with Crippen LogP contribution in [0.2, 0.25) is 0 Å². The van der Waals surface area contributed by atoms with Crippen molar-refractivity contribution in [2.45, 2.75) is 51.5 Å². The molecule has 0 aliphatic heterocycles. The Morgan fingerprint density at radius 3 is 2.19 bits per heavy atom. The van der Waals surface area contributed by atoms with E-state index in [1.807, 2.05) is 27.7 Å².